The van der Waals surface area contributed by atoms with Gasteiger partial charge in [-0.05, 0) is 58.8 Å². The zero-order chi connectivity index (χ0) is 26.8. The number of benzene rings is 1. The number of nitrogens with zero attached hydrogens (tertiary/aromatic N) is 6. The summed E-state index contributed by atoms with van der Waals surface area (Å²) in [5.74, 6) is -0.0318. The van der Waals surface area contributed by atoms with E-state index in [1.54, 1.807) is 29.2 Å². The molecule has 5 rings (SSSR count). The Morgan fingerprint density at radius 1 is 1.05 bits per heavy atom. The van der Waals surface area contributed by atoms with Gasteiger partial charge in [-0.15, -0.1) is 0 Å². The number of anilines is 1. The predicted molar refractivity (Wildman–Crippen MR) is 145 cm³/mol. The monoisotopic (exact) mass is 646 g/mol. The van der Waals surface area contributed by atoms with Crippen molar-refractivity contribution < 1.29 is 24.2 Å². The highest BCUT2D eigenvalue weighted by molar-refractivity contribution is 14.1. The van der Waals surface area contributed by atoms with E-state index < -0.39 is 18.2 Å². The number of aromatic hydroxyl groups is 1. The molecule has 4 heterocycles. The van der Waals surface area contributed by atoms with Crippen LogP contribution in [0.5, 0.6) is 5.75 Å². The molecule has 1 saturated heterocycles. The number of hydrogen-bond donors (Lipinski definition) is 1. The molecule has 0 bridgehead atoms. The summed E-state index contributed by atoms with van der Waals surface area (Å²) in [5.41, 5.74) is 1.28. The van der Waals surface area contributed by atoms with E-state index in [-0.39, 0.29) is 42.0 Å². The van der Waals surface area contributed by atoms with E-state index in [1.807, 2.05) is 6.07 Å². The number of pyridine rings is 1. The van der Waals surface area contributed by atoms with Crippen LogP contribution in [0.2, 0.25) is 5.02 Å². The van der Waals surface area contributed by atoms with Crippen molar-refractivity contribution in [3.05, 3.63) is 74.5 Å². The molecule has 1 N–H and O–H groups in total. The van der Waals surface area contributed by atoms with Crippen molar-refractivity contribution in [2.24, 2.45) is 0 Å². The van der Waals surface area contributed by atoms with Crippen LogP contribution in [0.15, 0.2) is 48.9 Å². The number of aromatic nitrogens is 3. The Balaban J connectivity index is 1.21. The van der Waals surface area contributed by atoms with Crippen LogP contribution in [0.3, 0.4) is 0 Å². The zero-order valence-electron chi connectivity index (χ0n) is 20.0. The largest absolute Gasteiger partial charge is 0.507 e. The van der Waals surface area contributed by atoms with Gasteiger partial charge in [-0.25, -0.2) is 19.7 Å². The molecule has 2 aliphatic heterocycles. The van der Waals surface area contributed by atoms with E-state index in [2.05, 4.69) is 37.5 Å². The number of aryl methyl sites for hydroxylation is 1. The number of carbonyl (C=O) groups is 3. The van der Waals surface area contributed by atoms with Gasteiger partial charge in [0.05, 0.1) is 8.59 Å². The minimum atomic E-state index is -1.14. The maximum absolute atomic E-state index is 13.1. The van der Waals surface area contributed by atoms with Gasteiger partial charge in [0.2, 0.25) is 12.1 Å². The minimum Gasteiger partial charge on any atom is -0.507 e. The third kappa shape index (κ3) is 5.36. The number of phenolic OH excluding ortho intramolecular Hbond substituents is 1. The van der Waals surface area contributed by atoms with Gasteiger partial charge >= 0.3 is 6.09 Å². The van der Waals surface area contributed by atoms with Crippen molar-refractivity contribution in [3.63, 3.8) is 0 Å². The van der Waals surface area contributed by atoms with Crippen LogP contribution in [-0.2, 0) is 16.0 Å². The molecule has 3 amide bonds. The minimum absolute atomic E-state index is 0.00770. The van der Waals surface area contributed by atoms with Crippen LogP contribution in [-0.4, -0.2) is 73.9 Å². The van der Waals surface area contributed by atoms with Crippen molar-refractivity contribution in [2.75, 3.05) is 31.1 Å². The van der Waals surface area contributed by atoms with Gasteiger partial charge in [0.1, 0.15) is 17.3 Å². The van der Waals surface area contributed by atoms with E-state index in [9.17, 15) is 19.5 Å². The van der Waals surface area contributed by atoms with E-state index in [1.165, 1.54) is 28.4 Å². The second kappa shape index (κ2) is 11.1. The van der Waals surface area contributed by atoms with Gasteiger partial charge in [0.25, 0.3) is 5.91 Å². The molecule has 0 saturated carbocycles. The SMILES string of the molecule is O=C(CCc1ccc(O)c([125I])c1)N1CCN(C(=O)OC2c3nccnc3C(=O)N2c2ccc(Cl)cn2)CC1. The van der Waals surface area contributed by atoms with E-state index in [4.69, 9.17) is 16.3 Å². The number of ether oxygens (including phenoxy) is 1. The van der Waals surface area contributed by atoms with Crippen molar-refractivity contribution in [3.8, 4) is 5.75 Å². The molecule has 0 aliphatic carbocycles. The van der Waals surface area contributed by atoms with Crippen LogP contribution in [0.25, 0.3) is 0 Å². The van der Waals surface area contributed by atoms with E-state index >= 15 is 0 Å². The molecule has 13 heteroatoms. The predicted octanol–water partition coefficient (Wildman–Crippen LogP) is 3.41. The molecular formula is C25H22ClIN6O5. The van der Waals surface area contributed by atoms with Crippen molar-refractivity contribution >= 4 is 57.9 Å². The standard InChI is InChI=1S/C25H22ClIN6O5/c26-16-3-5-19(30-14-16)33-23(36)21-22(29-8-7-28-21)24(33)38-25(37)32-11-9-31(10-12-32)20(35)6-2-15-1-4-18(34)17(27)13-15/h1,3-5,7-8,13-14,24,34H,2,6,9-12H2/i27-2. The summed E-state index contributed by atoms with van der Waals surface area (Å²) in [6, 6.07) is 8.42. The number of carbonyl (C=O) groups excluding carboxylic acids is 3. The molecule has 2 aromatic heterocycles. The first-order valence-corrected chi connectivity index (χ1v) is 13.2. The average Bonchev–Trinajstić information content (AvgIpc) is 3.21. The summed E-state index contributed by atoms with van der Waals surface area (Å²) in [4.78, 5) is 55.9. The molecule has 196 valence electrons. The Kier molecular flexibility index (Phi) is 7.61. The van der Waals surface area contributed by atoms with Gasteiger partial charge in [-0.3, -0.25) is 14.6 Å². The van der Waals surface area contributed by atoms with Gasteiger partial charge in [-0.1, -0.05) is 17.7 Å². The number of phenols is 1. The Bertz CT molecular complexity index is 1380. The Morgan fingerprint density at radius 2 is 1.79 bits per heavy atom. The van der Waals surface area contributed by atoms with Crippen LogP contribution in [0.4, 0.5) is 10.6 Å². The molecule has 1 aromatic carbocycles. The topological polar surface area (TPSA) is 129 Å². The van der Waals surface area contributed by atoms with Gasteiger partial charge in [0, 0.05) is 51.2 Å². The lowest BCUT2D eigenvalue weighted by atomic mass is 10.1. The lowest BCUT2D eigenvalue weighted by Crippen LogP contribution is -2.51. The molecule has 1 fully saturated rings. The lowest BCUT2D eigenvalue weighted by molar-refractivity contribution is -0.132. The van der Waals surface area contributed by atoms with Crippen molar-refractivity contribution in [2.45, 2.75) is 19.1 Å². The fourth-order valence-corrected chi connectivity index (χ4v) is 5.00. The third-order valence-electron chi connectivity index (χ3n) is 6.32. The third-order valence-corrected chi connectivity index (χ3v) is 7.41. The first kappa shape index (κ1) is 26.1. The van der Waals surface area contributed by atoms with E-state index in [0.717, 1.165) is 9.13 Å². The van der Waals surface area contributed by atoms with Gasteiger partial charge < -0.3 is 19.6 Å². The summed E-state index contributed by atoms with van der Waals surface area (Å²) in [7, 11) is 0. The molecule has 1 atom stereocenters. The molecule has 3 aromatic rings. The maximum Gasteiger partial charge on any atom is 0.412 e. The summed E-state index contributed by atoms with van der Waals surface area (Å²) in [5, 5.41) is 10.1. The number of rotatable bonds is 5. The number of amides is 3. The zero-order valence-corrected chi connectivity index (χ0v) is 22.9. The second-order valence-electron chi connectivity index (χ2n) is 8.69. The number of halogens is 2. The van der Waals surface area contributed by atoms with Gasteiger partial charge in [0.15, 0.2) is 5.69 Å². The summed E-state index contributed by atoms with van der Waals surface area (Å²) < 4.78 is 6.50. The molecule has 11 nitrogen and oxygen atoms in total. The van der Waals surface area contributed by atoms with Gasteiger partial charge in [-0.2, -0.15) is 0 Å². The first-order chi connectivity index (χ1) is 18.3. The van der Waals surface area contributed by atoms with E-state index in [0.29, 0.717) is 31.0 Å². The van der Waals surface area contributed by atoms with Crippen LogP contribution in [0, 0.1) is 3.57 Å². The van der Waals surface area contributed by atoms with Crippen LogP contribution >= 0.6 is 34.2 Å². The molecule has 0 spiro atoms. The van der Waals surface area contributed by atoms with Crippen molar-refractivity contribution in [1.29, 1.82) is 0 Å². The maximum atomic E-state index is 13.1. The normalized spacial score (nSPS) is 16.9. The Hall–Kier alpha value is -3.52. The quantitative estimate of drug-likeness (QED) is 0.418. The highest BCUT2D eigenvalue weighted by atomic mass is 125. The van der Waals surface area contributed by atoms with Crippen LogP contribution in [0.1, 0.15) is 34.4 Å². The Labute approximate surface area is 236 Å². The molecular weight excluding hydrogens is 625 g/mol. The molecule has 38 heavy (non-hydrogen) atoms. The summed E-state index contributed by atoms with van der Waals surface area (Å²) in [6.45, 7) is 1.30. The lowest BCUT2D eigenvalue weighted by Gasteiger charge is -2.35. The highest BCUT2D eigenvalue weighted by Crippen LogP contribution is 2.36. The molecule has 1 unspecified atom stereocenters. The summed E-state index contributed by atoms with van der Waals surface area (Å²) in [6.07, 6.45) is 3.33. The molecule has 2 aliphatic rings. The fourth-order valence-electron chi connectivity index (χ4n) is 4.30. The number of piperazine rings is 1. The average molecular weight is 647 g/mol. The van der Waals surface area contributed by atoms with Crippen LogP contribution < -0.4 is 4.90 Å². The molecule has 0 radical (unpaired) electrons. The number of hydrogen-bond acceptors (Lipinski definition) is 8. The Morgan fingerprint density at radius 3 is 2.50 bits per heavy atom. The number of fused-ring (bicyclic) bond motifs is 1. The second-order valence-corrected chi connectivity index (χ2v) is 10.3. The van der Waals surface area contributed by atoms with Crippen molar-refractivity contribution in [1.82, 2.24) is 24.8 Å². The highest BCUT2D eigenvalue weighted by Gasteiger charge is 2.44. The smallest absolute Gasteiger partial charge is 0.412 e. The summed E-state index contributed by atoms with van der Waals surface area (Å²) >= 11 is 7.99. The first-order valence-electron chi connectivity index (χ1n) is 11.8. The fraction of sp³-hybridized carbons (Fsp3) is 0.280.